The summed E-state index contributed by atoms with van der Waals surface area (Å²) in [6.07, 6.45) is 0.819. The first-order chi connectivity index (χ1) is 12.8. The van der Waals surface area contributed by atoms with Crippen LogP contribution in [0.1, 0.15) is 22.5 Å². The van der Waals surface area contributed by atoms with Gasteiger partial charge >= 0.3 is 0 Å². The van der Waals surface area contributed by atoms with Crippen LogP contribution in [0, 0.1) is 18.8 Å². The third-order valence-electron chi connectivity index (χ3n) is 4.00. The fraction of sp³-hybridized carbons (Fsp3) is 0.136. The number of carbonyl (C=O) groups excluding carboxylic acids is 1. The number of carbonyl (C=O) groups is 1. The Labute approximate surface area is 153 Å². The molecule has 0 fully saturated rings. The van der Waals surface area contributed by atoms with E-state index in [9.17, 15) is 4.79 Å². The van der Waals surface area contributed by atoms with Crippen LogP contribution in [-0.4, -0.2) is 23.0 Å². The molecule has 0 aliphatic rings. The molecule has 128 valence electrons. The second-order valence-corrected chi connectivity index (χ2v) is 5.80. The van der Waals surface area contributed by atoms with Crippen LogP contribution < -0.4 is 5.32 Å². The van der Waals surface area contributed by atoms with Gasteiger partial charge in [0.2, 0.25) is 0 Å². The molecular formula is C22H19N3O. The molecule has 0 radical (unpaired) electrons. The highest BCUT2D eigenvalue weighted by Crippen LogP contribution is 2.25. The average Bonchev–Trinajstić information content (AvgIpc) is 2.69. The average molecular weight is 341 g/mol. The number of aldehydes is 1. The van der Waals surface area contributed by atoms with Crippen molar-refractivity contribution in [2.45, 2.75) is 13.5 Å². The van der Waals surface area contributed by atoms with Gasteiger partial charge in [-0.3, -0.25) is 0 Å². The quantitative estimate of drug-likeness (QED) is 0.440. The minimum atomic E-state index is 0.306. The van der Waals surface area contributed by atoms with Gasteiger partial charge in [-0.05, 0) is 47.7 Å². The Kier molecular flexibility index (Phi) is 5.87. The molecule has 1 heterocycles. The van der Waals surface area contributed by atoms with Gasteiger partial charge in [0.05, 0.1) is 12.2 Å². The van der Waals surface area contributed by atoms with Crippen LogP contribution in [0.25, 0.3) is 11.1 Å². The van der Waals surface area contributed by atoms with E-state index in [1.54, 1.807) is 0 Å². The Hall–Kier alpha value is -3.29. The second kappa shape index (κ2) is 8.70. The molecule has 3 rings (SSSR count). The summed E-state index contributed by atoms with van der Waals surface area (Å²) in [5.74, 6) is 6.27. The van der Waals surface area contributed by atoms with E-state index < -0.39 is 0 Å². The van der Waals surface area contributed by atoms with Gasteiger partial charge in [-0.1, -0.05) is 48.4 Å². The molecule has 0 unspecified atom stereocenters. The molecule has 0 saturated heterocycles. The van der Waals surface area contributed by atoms with Gasteiger partial charge in [-0.25, -0.2) is 0 Å². The SMILES string of the molecule is Cc1c(C#Cc2ccc(CNCC=O)nn2)cccc1-c1ccccc1. The summed E-state index contributed by atoms with van der Waals surface area (Å²) >= 11 is 0. The van der Waals surface area contributed by atoms with Crippen LogP contribution in [0.5, 0.6) is 0 Å². The van der Waals surface area contributed by atoms with Crippen LogP contribution in [-0.2, 0) is 11.3 Å². The van der Waals surface area contributed by atoms with E-state index in [-0.39, 0.29) is 0 Å². The van der Waals surface area contributed by atoms with Gasteiger partial charge in [0.25, 0.3) is 0 Å². The first-order valence-electron chi connectivity index (χ1n) is 8.42. The summed E-state index contributed by atoms with van der Waals surface area (Å²) in [6, 6.07) is 20.1. The van der Waals surface area contributed by atoms with Crippen molar-refractivity contribution < 1.29 is 4.79 Å². The summed E-state index contributed by atoms with van der Waals surface area (Å²) in [5.41, 5.74) is 5.88. The molecule has 0 spiro atoms. The lowest BCUT2D eigenvalue weighted by Gasteiger charge is -2.07. The van der Waals surface area contributed by atoms with Gasteiger partial charge in [0, 0.05) is 12.1 Å². The highest BCUT2D eigenvalue weighted by Gasteiger charge is 2.04. The summed E-state index contributed by atoms with van der Waals surface area (Å²) in [7, 11) is 0. The third-order valence-corrected chi connectivity index (χ3v) is 4.00. The van der Waals surface area contributed by atoms with Crippen molar-refractivity contribution >= 4 is 6.29 Å². The number of rotatable bonds is 5. The normalized spacial score (nSPS) is 10.0. The van der Waals surface area contributed by atoms with Gasteiger partial charge in [-0.2, -0.15) is 5.10 Å². The molecule has 1 aromatic heterocycles. The van der Waals surface area contributed by atoms with Gasteiger partial charge < -0.3 is 10.1 Å². The Morgan fingerprint density at radius 1 is 0.962 bits per heavy atom. The zero-order valence-electron chi connectivity index (χ0n) is 14.6. The van der Waals surface area contributed by atoms with E-state index in [0.29, 0.717) is 18.8 Å². The highest BCUT2D eigenvalue weighted by molar-refractivity contribution is 5.70. The number of benzene rings is 2. The molecule has 0 aliphatic heterocycles. The summed E-state index contributed by atoms with van der Waals surface area (Å²) < 4.78 is 0. The Bertz CT molecular complexity index is 939. The molecule has 0 bridgehead atoms. The van der Waals surface area contributed by atoms with E-state index >= 15 is 0 Å². The lowest BCUT2D eigenvalue weighted by Crippen LogP contribution is -2.16. The Morgan fingerprint density at radius 3 is 2.54 bits per heavy atom. The van der Waals surface area contributed by atoms with Crippen molar-refractivity contribution in [3.8, 4) is 23.0 Å². The minimum Gasteiger partial charge on any atom is -0.305 e. The number of nitrogens with one attached hydrogen (secondary N) is 1. The van der Waals surface area contributed by atoms with Crippen molar-refractivity contribution in [1.29, 1.82) is 0 Å². The zero-order chi connectivity index (χ0) is 18.2. The minimum absolute atomic E-state index is 0.306. The molecule has 0 atom stereocenters. The predicted octanol–water partition coefficient (Wildman–Crippen LogP) is 3.14. The molecule has 0 amide bonds. The van der Waals surface area contributed by atoms with Gasteiger partial charge in [0.15, 0.2) is 0 Å². The van der Waals surface area contributed by atoms with Crippen LogP contribution in [0.2, 0.25) is 0 Å². The van der Waals surface area contributed by atoms with E-state index in [1.807, 2.05) is 42.5 Å². The molecule has 3 aromatic rings. The maximum atomic E-state index is 10.3. The van der Waals surface area contributed by atoms with Crippen molar-refractivity contribution in [2.24, 2.45) is 0 Å². The molecule has 1 N–H and O–H groups in total. The highest BCUT2D eigenvalue weighted by atomic mass is 16.1. The fourth-order valence-electron chi connectivity index (χ4n) is 2.61. The Morgan fingerprint density at radius 2 is 1.81 bits per heavy atom. The smallest absolute Gasteiger partial charge is 0.136 e. The fourth-order valence-corrected chi connectivity index (χ4v) is 2.61. The maximum absolute atomic E-state index is 10.3. The molecular weight excluding hydrogens is 322 g/mol. The molecule has 0 aliphatic carbocycles. The number of hydrogen-bond donors (Lipinski definition) is 1. The number of hydrogen-bond acceptors (Lipinski definition) is 4. The lowest BCUT2D eigenvalue weighted by molar-refractivity contribution is -0.107. The van der Waals surface area contributed by atoms with Crippen LogP contribution in [0.15, 0.2) is 60.7 Å². The summed E-state index contributed by atoms with van der Waals surface area (Å²) in [5, 5.41) is 11.2. The number of aromatic nitrogens is 2. The molecule has 4 heteroatoms. The van der Waals surface area contributed by atoms with E-state index in [2.05, 4.69) is 52.5 Å². The van der Waals surface area contributed by atoms with Gasteiger partial charge in [0.1, 0.15) is 12.0 Å². The monoisotopic (exact) mass is 341 g/mol. The maximum Gasteiger partial charge on any atom is 0.136 e. The first-order valence-corrected chi connectivity index (χ1v) is 8.42. The molecule has 4 nitrogen and oxygen atoms in total. The topological polar surface area (TPSA) is 54.9 Å². The van der Waals surface area contributed by atoms with Crippen molar-refractivity contribution in [3.05, 3.63) is 83.2 Å². The van der Waals surface area contributed by atoms with E-state index in [1.165, 1.54) is 11.1 Å². The van der Waals surface area contributed by atoms with Gasteiger partial charge in [-0.15, -0.1) is 5.10 Å². The van der Waals surface area contributed by atoms with Crippen molar-refractivity contribution in [3.63, 3.8) is 0 Å². The lowest BCUT2D eigenvalue weighted by atomic mass is 9.97. The third kappa shape index (κ3) is 4.41. The van der Waals surface area contributed by atoms with E-state index in [4.69, 9.17) is 0 Å². The number of nitrogens with zero attached hydrogens (tertiary/aromatic N) is 2. The Balaban J connectivity index is 1.79. The molecule has 0 saturated carbocycles. The van der Waals surface area contributed by atoms with Crippen molar-refractivity contribution in [2.75, 3.05) is 6.54 Å². The van der Waals surface area contributed by atoms with Crippen LogP contribution >= 0.6 is 0 Å². The van der Waals surface area contributed by atoms with Crippen LogP contribution in [0.4, 0.5) is 0 Å². The second-order valence-electron chi connectivity index (χ2n) is 5.80. The van der Waals surface area contributed by atoms with Crippen LogP contribution in [0.3, 0.4) is 0 Å². The van der Waals surface area contributed by atoms with E-state index in [0.717, 1.165) is 23.1 Å². The summed E-state index contributed by atoms with van der Waals surface area (Å²) in [4.78, 5) is 10.3. The largest absolute Gasteiger partial charge is 0.305 e. The standard InChI is InChI=1S/C22H19N3O/c1-17-18(8-5-9-22(17)19-6-3-2-4-7-19)10-11-20-12-13-21(25-24-20)16-23-14-15-26/h2-9,12-13,15,23H,14,16H2,1H3. The first kappa shape index (κ1) is 17.5. The molecule has 26 heavy (non-hydrogen) atoms. The zero-order valence-corrected chi connectivity index (χ0v) is 14.6. The predicted molar refractivity (Wildman–Crippen MR) is 102 cm³/mol. The summed E-state index contributed by atoms with van der Waals surface area (Å²) in [6.45, 7) is 2.90. The van der Waals surface area contributed by atoms with Crippen molar-refractivity contribution in [1.82, 2.24) is 15.5 Å². The molecule has 2 aromatic carbocycles.